The molecule has 1 heterocycles. The lowest BCUT2D eigenvalue weighted by Gasteiger charge is -2.32. The van der Waals surface area contributed by atoms with E-state index in [0.717, 1.165) is 5.56 Å². The maximum Gasteiger partial charge on any atom is 0.238 e. The topological polar surface area (TPSA) is 80.2 Å². The minimum atomic E-state index is -0.609. The van der Waals surface area contributed by atoms with Crippen LogP contribution in [0.25, 0.3) is 0 Å². The monoisotopic (exact) mass is 489 g/mol. The van der Waals surface area contributed by atoms with E-state index in [4.69, 9.17) is 14.5 Å². The number of hydrogen-bond donors (Lipinski definition) is 1. The van der Waals surface area contributed by atoms with Gasteiger partial charge in [-0.15, -0.1) is 0 Å². The smallest absolute Gasteiger partial charge is 0.238 e. The van der Waals surface area contributed by atoms with E-state index in [1.54, 1.807) is 24.1 Å². The Balaban J connectivity index is 1.57. The summed E-state index contributed by atoms with van der Waals surface area (Å²) in [5.74, 6) is 0.990. The molecule has 0 saturated carbocycles. The van der Waals surface area contributed by atoms with Crippen LogP contribution >= 0.6 is 11.8 Å². The summed E-state index contributed by atoms with van der Waals surface area (Å²) in [7, 11) is 1.60. The molecule has 8 heteroatoms. The molecule has 2 amide bonds. The van der Waals surface area contributed by atoms with E-state index in [1.165, 1.54) is 11.8 Å². The average Bonchev–Trinajstić information content (AvgIpc) is 2.87. The normalized spacial score (nSPS) is 16.7. The van der Waals surface area contributed by atoms with Crippen LogP contribution in [-0.4, -0.2) is 40.8 Å². The first-order chi connectivity index (χ1) is 17.1. The summed E-state index contributed by atoms with van der Waals surface area (Å²) in [6, 6.07) is 24.2. The number of benzene rings is 3. The van der Waals surface area contributed by atoms with Crippen molar-refractivity contribution in [2.45, 2.75) is 25.1 Å². The lowest BCUT2D eigenvalue weighted by Crippen LogP contribution is -2.44. The maximum absolute atomic E-state index is 13.2. The standard InChI is InChI=1S/C27H27N3O4S/c1-3-34-23-11-7-10-21(16-23)28-26(32)24-17-25(31)30(18-19-8-5-4-6-9-19)27(35-24)29-20-12-14-22(33-2)15-13-20/h4-16,24H,3,17-18H2,1-2H3,(H,28,32). The molecule has 1 aliphatic rings. The first kappa shape index (κ1) is 24.3. The fourth-order valence-electron chi connectivity index (χ4n) is 3.58. The number of thioether (sulfide) groups is 1. The fraction of sp³-hybridized carbons (Fsp3) is 0.222. The van der Waals surface area contributed by atoms with Crippen LogP contribution in [0, 0.1) is 0 Å². The van der Waals surface area contributed by atoms with Crippen LogP contribution in [-0.2, 0) is 16.1 Å². The summed E-state index contributed by atoms with van der Waals surface area (Å²) in [5.41, 5.74) is 2.28. The van der Waals surface area contributed by atoms with Crippen LogP contribution in [0.5, 0.6) is 11.5 Å². The Morgan fingerprint density at radius 2 is 1.83 bits per heavy atom. The second kappa shape index (κ2) is 11.6. The molecule has 0 aliphatic carbocycles. The molecule has 0 spiro atoms. The molecular weight excluding hydrogens is 462 g/mol. The van der Waals surface area contributed by atoms with Gasteiger partial charge in [-0.25, -0.2) is 4.99 Å². The van der Waals surface area contributed by atoms with Gasteiger partial charge < -0.3 is 14.8 Å². The van der Waals surface area contributed by atoms with Crippen LogP contribution in [0.2, 0.25) is 0 Å². The van der Waals surface area contributed by atoms with Gasteiger partial charge in [-0.05, 0) is 48.9 Å². The van der Waals surface area contributed by atoms with E-state index in [0.29, 0.717) is 41.2 Å². The van der Waals surface area contributed by atoms with Gasteiger partial charge >= 0.3 is 0 Å². The van der Waals surface area contributed by atoms with Gasteiger partial charge in [-0.2, -0.15) is 0 Å². The largest absolute Gasteiger partial charge is 0.497 e. The predicted octanol–water partition coefficient (Wildman–Crippen LogP) is 5.25. The van der Waals surface area contributed by atoms with Gasteiger partial charge in [-0.3, -0.25) is 14.5 Å². The van der Waals surface area contributed by atoms with Crippen molar-refractivity contribution in [3.05, 3.63) is 84.4 Å². The highest BCUT2D eigenvalue weighted by Gasteiger charge is 2.36. The lowest BCUT2D eigenvalue weighted by molar-refractivity contribution is -0.129. The van der Waals surface area contributed by atoms with Gasteiger partial charge in [0.25, 0.3) is 0 Å². The lowest BCUT2D eigenvalue weighted by atomic mass is 10.2. The van der Waals surface area contributed by atoms with E-state index in [-0.39, 0.29) is 18.2 Å². The first-order valence-corrected chi connectivity index (χ1v) is 12.2. The molecule has 3 aromatic carbocycles. The molecule has 1 fully saturated rings. The number of hydrogen-bond acceptors (Lipinski definition) is 6. The van der Waals surface area contributed by atoms with E-state index >= 15 is 0 Å². The zero-order valence-electron chi connectivity index (χ0n) is 19.6. The molecule has 0 radical (unpaired) electrons. The Hall–Kier alpha value is -3.78. The zero-order valence-corrected chi connectivity index (χ0v) is 20.5. The number of methoxy groups -OCH3 is 1. The summed E-state index contributed by atoms with van der Waals surface area (Å²) in [6.07, 6.45) is 0.0795. The number of amides is 2. The van der Waals surface area contributed by atoms with Crippen molar-refractivity contribution < 1.29 is 19.1 Å². The zero-order chi connectivity index (χ0) is 24.6. The summed E-state index contributed by atoms with van der Waals surface area (Å²) in [6.45, 7) is 2.82. The van der Waals surface area contributed by atoms with Crippen LogP contribution in [0.1, 0.15) is 18.9 Å². The number of rotatable bonds is 8. The number of nitrogens with zero attached hydrogens (tertiary/aromatic N) is 2. The van der Waals surface area contributed by atoms with Gasteiger partial charge in [0.05, 0.1) is 25.9 Å². The average molecular weight is 490 g/mol. The SMILES string of the molecule is CCOc1cccc(NC(=O)C2CC(=O)N(Cc3ccccc3)C(=Nc3ccc(OC)cc3)S2)c1. The second-order valence-corrected chi connectivity index (χ2v) is 8.99. The van der Waals surface area contributed by atoms with Crippen molar-refractivity contribution >= 4 is 40.1 Å². The third-order valence-electron chi connectivity index (χ3n) is 5.33. The minimum Gasteiger partial charge on any atom is -0.497 e. The maximum atomic E-state index is 13.2. The molecule has 0 aromatic heterocycles. The molecule has 180 valence electrons. The van der Waals surface area contributed by atoms with Crippen LogP contribution < -0.4 is 14.8 Å². The predicted molar refractivity (Wildman–Crippen MR) is 139 cm³/mol. The van der Waals surface area contributed by atoms with Crippen molar-refractivity contribution in [1.29, 1.82) is 0 Å². The fourth-order valence-corrected chi connectivity index (χ4v) is 4.68. The number of anilines is 1. The molecule has 1 saturated heterocycles. The van der Waals surface area contributed by atoms with Crippen LogP contribution in [0.3, 0.4) is 0 Å². The van der Waals surface area contributed by atoms with Crippen molar-refractivity contribution in [3.8, 4) is 11.5 Å². The molecule has 1 N–H and O–H groups in total. The molecule has 3 aromatic rings. The van der Waals surface area contributed by atoms with Gasteiger partial charge in [0.2, 0.25) is 11.8 Å². The Morgan fingerprint density at radius 3 is 2.54 bits per heavy atom. The minimum absolute atomic E-state index is 0.0795. The highest BCUT2D eigenvalue weighted by atomic mass is 32.2. The Labute approximate surface area is 209 Å². The van der Waals surface area contributed by atoms with E-state index in [2.05, 4.69) is 5.32 Å². The molecular formula is C27H27N3O4S. The van der Waals surface area contributed by atoms with Crippen LogP contribution in [0.4, 0.5) is 11.4 Å². The molecule has 7 nitrogen and oxygen atoms in total. The molecule has 4 rings (SSSR count). The Bertz CT molecular complexity index is 1200. The number of carbonyl (C=O) groups is 2. The Morgan fingerprint density at radius 1 is 1.06 bits per heavy atom. The second-order valence-electron chi connectivity index (χ2n) is 7.82. The van der Waals surface area contributed by atoms with Crippen LogP contribution in [0.15, 0.2) is 83.9 Å². The Kier molecular flexibility index (Phi) is 8.05. The van der Waals surface area contributed by atoms with Crippen molar-refractivity contribution in [2.24, 2.45) is 4.99 Å². The van der Waals surface area contributed by atoms with Gasteiger partial charge in [0, 0.05) is 18.2 Å². The van der Waals surface area contributed by atoms with E-state index in [9.17, 15) is 9.59 Å². The number of nitrogens with one attached hydrogen (secondary N) is 1. The molecule has 0 bridgehead atoms. The number of ether oxygens (including phenoxy) is 2. The van der Waals surface area contributed by atoms with Crippen molar-refractivity contribution in [2.75, 3.05) is 19.0 Å². The van der Waals surface area contributed by atoms with Gasteiger partial charge in [-0.1, -0.05) is 48.2 Å². The molecule has 35 heavy (non-hydrogen) atoms. The number of carbonyl (C=O) groups excluding carboxylic acids is 2. The van der Waals surface area contributed by atoms with E-state index in [1.807, 2.05) is 73.7 Å². The van der Waals surface area contributed by atoms with Gasteiger partial charge in [0.1, 0.15) is 16.7 Å². The third-order valence-corrected chi connectivity index (χ3v) is 6.51. The molecule has 1 atom stereocenters. The number of amidine groups is 1. The van der Waals surface area contributed by atoms with Crippen molar-refractivity contribution in [3.63, 3.8) is 0 Å². The molecule has 1 aliphatic heterocycles. The highest BCUT2D eigenvalue weighted by Crippen LogP contribution is 2.31. The first-order valence-electron chi connectivity index (χ1n) is 11.3. The number of aliphatic imine (C=N–C) groups is 1. The van der Waals surface area contributed by atoms with Crippen molar-refractivity contribution in [1.82, 2.24) is 4.90 Å². The van der Waals surface area contributed by atoms with E-state index < -0.39 is 5.25 Å². The third kappa shape index (κ3) is 6.42. The van der Waals surface area contributed by atoms with Gasteiger partial charge in [0.15, 0.2) is 5.17 Å². The molecule has 1 unspecified atom stereocenters. The summed E-state index contributed by atoms with van der Waals surface area (Å²) >= 11 is 1.29. The quantitative estimate of drug-likeness (QED) is 0.467. The highest BCUT2D eigenvalue weighted by molar-refractivity contribution is 8.15. The summed E-state index contributed by atoms with van der Waals surface area (Å²) in [4.78, 5) is 32.7. The summed E-state index contributed by atoms with van der Waals surface area (Å²) in [5, 5.41) is 2.79. The summed E-state index contributed by atoms with van der Waals surface area (Å²) < 4.78 is 10.7.